The standard InChI is InChI=1S/C12H23NO2/c1-10(2)12(3,4)15-11(14)8-7-9-13(5)6/h7-8,10H,9H2,1-6H3/b8-7+. The van der Waals surface area contributed by atoms with Crippen molar-refractivity contribution in [3.8, 4) is 0 Å². The van der Waals surface area contributed by atoms with Crippen molar-refractivity contribution >= 4 is 5.97 Å². The number of carbonyl (C=O) groups is 1. The van der Waals surface area contributed by atoms with Gasteiger partial charge in [0.25, 0.3) is 0 Å². The Kier molecular flexibility index (Phi) is 5.58. The third-order valence-electron chi connectivity index (χ3n) is 2.48. The highest BCUT2D eigenvalue weighted by atomic mass is 16.6. The molecule has 0 fully saturated rings. The van der Waals surface area contributed by atoms with Crippen LogP contribution in [0.5, 0.6) is 0 Å². The van der Waals surface area contributed by atoms with Crippen LogP contribution in [0.3, 0.4) is 0 Å². The predicted molar refractivity (Wildman–Crippen MR) is 62.7 cm³/mol. The third-order valence-corrected chi connectivity index (χ3v) is 2.48. The topological polar surface area (TPSA) is 29.5 Å². The maximum absolute atomic E-state index is 11.4. The molecule has 0 aromatic carbocycles. The van der Waals surface area contributed by atoms with Gasteiger partial charge in [-0.2, -0.15) is 0 Å². The lowest BCUT2D eigenvalue weighted by Gasteiger charge is -2.28. The van der Waals surface area contributed by atoms with E-state index in [-0.39, 0.29) is 5.97 Å². The molecule has 0 unspecified atom stereocenters. The van der Waals surface area contributed by atoms with E-state index in [1.54, 1.807) is 6.08 Å². The van der Waals surface area contributed by atoms with Crippen LogP contribution in [-0.2, 0) is 9.53 Å². The molecule has 0 aliphatic rings. The molecule has 0 bridgehead atoms. The van der Waals surface area contributed by atoms with Gasteiger partial charge in [0.1, 0.15) is 5.60 Å². The Morgan fingerprint density at radius 2 is 1.93 bits per heavy atom. The van der Waals surface area contributed by atoms with Crippen molar-refractivity contribution in [2.45, 2.75) is 33.3 Å². The maximum atomic E-state index is 11.4. The summed E-state index contributed by atoms with van der Waals surface area (Å²) in [6.07, 6.45) is 3.29. The van der Waals surface area contributed by atoms with Crippen molar-refractivity contribution in [3.63, 3.8) is 0 Å². The van der Waals surface area contributed by atoms with E-state index in [1.807, 2.05) is 46.7 Å². The van der Waals surface area contributed by atoms with Crippen molar-refractivity contribution in [2.24, 2.45) is 5.92 Å². The fourth-order valence-corrected chi connectivity index (χ4v) is 0.771. The zero-order valence-corrected chi connectivity index (χ0v) is 10.7. The number of likely N-dealkylation sites (N-methyl/N-ethyl adjacent to an activating group) is 1. The summed E-state index contributed by atoms with van der Waals surface area (Å²) in [5.74, 6) is 0.0410. The first-order chi connectivity index (χ1) is 6.75. The number of esters is 1. The predicted octanol–water partition coefficient (Wildman–Crippen LogP) is 2.08. The van der Waals surface area contributed by atoms with Gasteiger partial charge in [-0.05, 0) is 33.9 Å². The minimum Gasteiger partial charge on any atom is -0.456 e. The van der Waals surface area contributed by atoms with Crippen LogP contribution in [0.2, 0.25) is 0 Å². The average Bonchev–Trinajstić information content (AvgIpc) is 2.01. The molecule has 0 N–H and O–H groups in total. The number of hydrogen-bond acceptors (Lipinski definition) is 3. The molecule has 0 radical (unpaired) electrons. The quantitative estimate of drug-likeness (QED) is 0.517. The molecule has 0 saturated heterocycles. The summed E-state index contributed by atoms with van der Waals surface area (Å²) in [6.45, 7) is 8.68. The van der Waals surface area contributed by atoms with Crippen molar-refractivity contribution < 1.29 is 9.53 Å². The van der Waals surface area contributed by atoms with Crippen LogP contribution in [-0.4, -0.2) is 37.1 Å². The molecule has 3 heteroatoms. The second kappa shape index (κ2) is 5.91. The Balaban J connectivity index is 4.09. The Labute approximate surface area is 93.1 Å². The van der Waals surface area contributed by atoms with E-state index in [1.165, 1.54) is 6.08 Å². The van der Waals surface area contributed by atoms with Crippen LogP contribution in [0.4, 0.5) is 0 Å². The van der Waals surface area contributed by atoms with Crippen molar-refractivity contribution in [1.29, 1.82) is 0 Å². The first kappa shape index (κ1) is 14.2. The molecular formula is C12H23NO2. The van der Waals surface area contributed by atoms with Gasteiger partial charge in [0.15, 0.2) is 0 Å². The summed E-state index contributed by atoms with van der Waals surface area (Å²) in [4.78, 5) is 13.4. The Bertz CT molecular complexity index is 230. The van der Waals surface area contributed by atoms with E-state index in [9.17, 15) is 4.79 Å². The number of rotatable bonds is 5. The zero-order chi connectivity index (χ0) is 12.1. The van der Waals surface area contributed by atoms with Gasteiger partial charge in [-0.25, -0.2) is 4.79 Å². The van der Waals surface area contributed by atoms with Gasteiger partial charge < -0.3 is 9.64 Å². The molecule has 0 aliphatic carbocycles. The molecule has 3 nitrogen and oxygen atoms in total. The molecular weight excluding hydrogens is 190 g/mol. The van der Waals surface area contributed by atoms with Crippen LogP contribution in [0.15, 0.2) is 12.2 Å². The van der Waals surface area contributed by atoms with E-state index >= 15 is 0 Å². The van der Waals surface area contributed by atoms with E-state index < -0.39 is 5.60 Å². The van der Waals surface area contributed by atoms with Crippen LogP contribution >= 0.6 is 0 Å². The lowest BCUT2D eigenvalue weighted by atomic mass is 9.95. The number of carbonyl (C=O) groups excluding carboxylic acids is 1. The summed E-state index contributed by atoms with van der Waals surface area (Å²) < 4.78 is 5.34. The van der Waals surface area contributed by atoms with Crippen LogP contribution in [0.25, 0.3) is 0 Å². The van der Waals surface area contributed by atoms with Gasteiger partial charge in [-0.15, -0.1) is 0 Å². The molecule has 0 amide bonds. The molecule has 0 atom stereocenters. The third kappa shape index (κ3) is 6.28. The minimum atomic E-state index is -0.403. The van der Waals surface area contributed by atoms with E-state index in [0.717, 1.165) is 6.54 Å². The van der Waals surface area contributed by atoms with Crippen LogP contribution < -0.4 is 0 Å². The molecule has 0 heterocycles. The first-order valence-corrected chi connectivity index (χ1v) is 5.30. The second-order valence-corrected chi connectivity index (χ2v) is 4.84. The highest BCUT2D eigenvalue weighted by Gasteiger charge is 2.25. The Morgan fingerprint density at radius 1 is 1.40 bits per heavy atom. The molecule has 0 aliphatic heterocycles. The zero-order valence-electron chi connectivity index (χ0n) is 10.7. The van der Waals surface area contributed by atoms with Gasteiger partial charge in [0.05, 0.1) is 0 Å². The SMILES string of the molecule is CC(C)C(C)(C)OC(=O)/C=C/CN(C)C. The average molecular weight is 213 g/mol. The van der Waals surface area contributed by atoms with Crippen molar-refractivity contribution in [3.05, 3.63) is 12.2 Å². The highest BCUT2D eigenvalue weighted by molar-refractivity contribution is 5.82. The van der Waals surface area contributed by atoms with Gasteiger partial charge in [0, 0.05) is 12.6 Å². The Morgan fingerprint density at radius 3 is 2.33 bits per heavy atom. The van der Waals surface area contributed by atoms with Crippen molar-refractivity contribution in [2.75, 3.05) is 20.6 Å². The summed E-state index contributed by atoms with van der Waals surface area (Å²) in [5, 5.41) is 0. The maximum Gasteiger partial charge on any atom is 0.331 e. The second-order valence-electron chi connectivity index (χ2n) is 4.84. The summed E-state index contributed by atoms with van der Waals surface area (Å²) in [7, 11) is 3.90. The highest BCUT2D eigenvalue weighted by Crippen LogP contribution is 2.20. The molecule has 15 heavy (non-hydrogen) atoms. The normalized spacial score (nSPS) is 12.8. The molecule has 0 rings (SSSR count). The van der Waals surface area contributed by atoms with Gasteiger partial charge in [0.2, 0.25) is 0 Å². The number of ether oxygens (including phenoxy) is 1. The first-order valence-electron chi connectivity index (χ1n) is 5.30. The summed E-state index contributed by atoms with van der Waals surface area (Å²) >= 11 is 0. The van der Waals surface area contributed by atoms with E-state index in [2.05, 4.69) is 0 Å². The lowest BCUT2D eigenvalue weighted by molar-refractivity contribution is -0.154. The van der Waals surface area contributed by atoms with Crippen LogP contribution in [0, 0.1) is 5.92 Å². The van der Waals surface area contributed by atoms with Gasteiger partial charge in [-0.1, -0.05) is 19.9 Å². The summed E-state index contributed by atoms with van der Waals surface area (Å²) in [6, 6.07) is 0. The molecule has 0 saturated carbocycles. The number of hydrogen-bond donors (Lipinski definition) is 0. The monoisotopic (exact) mass is 213 g/mol. The lowest BCUT2D eigenvalue weighted by Crippen LogP contribution is -2.33. The fraction of sp³-hybridized carbons (Fsp3) is 0.750. The van der Waals surface area contributed by atoms with Gasteiger partial charge in [-0.3, -0.25) is 0 Å². The summed E-state index contributed by atoms with van der Waals surface area (Å²) in [5.41, 5.74) is -0.403. The van der Waals surface area contributed by atoms with E-state index in [4.69, 9.17) is 4.74 Å². The Hall–Kier alpha value is -0.830. The largest absolute Gasteiger partial charge is 0.456 e. The fourth-order valence-electron chi connectivity index (χ4n) is 0.771. The van der Waals surface area contributed by atoms with Gasteiger partial charge >= 0.3 is 5.97 Å². The molecule has 0 spiro atoms. The molecule has 0 aromatic rings. The molecule has 0 aromatic heterocycles. The van der Waals surface area contributed by atoms with Crippen molar-refractivity contribution in [1.82, 2.24) is 4.90 Å². The van der Waals surface area contributed by atoms with E-state index in [0.29, 0.717) is 5.92 Å². The minimum absolute atomic E-state index is 0.268. The smallest absolute Gasteiger partial charge is 0.331 e. The number of nitrogens with zero attached hydrogens (tertiary/aromatic N) is 1. The molecule has 88 valence electrons. The van der Waals surface area contributed by atoms with Crippen LogP contribution in [0.1, 0.15) is 27.7 Å².